The summed E-state index contributed by atoms with van der Waals surface area (Å²) >= 11 is 0. The second-order valence-electron chi connectivity index (χ2n) is 4.29. The van der Waals surface area contributed by atoms with Crippen LogP contribution >= 0.6 is 0 Å². The number of anilines is 1. The van der Waals surface area contributed by atoms with Crippen LogP contribution in [0.15, 0.2) is 41.2 Å². The van der Waals surface area contributed by atoms with Crippen molar-refractivity contribution < 1.29 is 14.3 Å². The summed E-state index contributed by atoms with van der Waals surface area (Å²) in [6.07, 6.45) is 3.25. The molecule has 2 N–H and O–H groups in total. The van der Waals surface area contributed by atoms with Gasteiger partial charge in [-0.3, -0.25) is 4.79 Å². The van der Waals surface area contributed by atoms with Crippen LogP contribution < -0.4 is 5.32 Å². The Kier molecular flexibility index (Phi) is 4.59. The molecule has 0 aliphatic carbocycles. The number of carbonyl (C=O) groups excluding carboxylic acids is 1. The maximum atomic E-state index is 12.0. The third-order valence-corrected chi connectivity index (χ3v) is 2.67. The third-order valence-electron chi connectivity index (χ3n) is 2.67. The predicted molar refractivity (Wildman–Crippen MR) is 76.4 cm³/mol. The van der Waals surface area contributed by atoms with Crippen LogP contribution in [-0.4, -0.2) is 17.6 Å². The molecule has 0 aliphatic rings. The van der Waals surface area contributed by atoms with Crippen LogP contribution in [0.4, 0.5) is 5.69 Å². The van der Waals surface area contributed by atoms with E-state index >= 15 is 0 Å². The Labute approximate surface area is 117 Å². The van der Waals surface area contributed by atoms with Gasteiger partial charge in [-0.15, -0.1) is 0 Å². The van der Waals surface area contributed by atoms with Crippen molar-refractivity contribution >= 4 is 11.6 Å². The molecule has 20 heavy (non-hydrogen) atoms. The first-order valence-electron chi connectivity index (χ1n) is 6.24. The quantitative estimate of drug-likeness (QED) is 0.842. The zero-order valence-corrected chi connectivity index (χ0v) is 11.1. The van der Waals surface area contributed by atoms with Crippen LogP contribution in [0.2, 0.25) is 0 Å². The first kappa shape index (κ1) is 13.9. The maximum Gasteiger partial charge on any atom is 0.258 e. The lowest BCUT2D eigenvalue weighted by molar-refractivity contribution is 0.102. The van der Waals surface area contributed by atoms with E-state index in [4.69, 9.17) is 9.52 Å². The number of hydrogen-bond donors (Lipinski definition) is 2. The van der Waals surface area contributed by atoms with Crippen LogP contribution in [0, 0.1) is 18.8 Å². The number of benzene rings is 1. The van der Waals surface area contributed by atoms with Crippen LogP contribution in [-0.2, 0) is 0 Å². The van der Waals surface area contributed by atoms with Gasteiger partial charge >= 0.3 is 0 Å². The Hall–Kier alpha value is -2.51. The Bertz CT molecular complexity index is 648. The van der Waals surface area contributed by atoms with E-state index in [9.17, 15) is 4.79 Å². The molecule has 1 heterocycles. The molecule has 2 rings (SSSR count). The number of carbonyl (C=O) groups is 1. The van der Waals surface area contributed by atoms with E-state index in [-0.39, 0.29) is 12.5 Å². The van der Waals surface area contributed by atoms with Crippen molar-refractivity contribution in [3.8, 4) is 11.8 Å². The predicted octanol–water partition coefficient (Wildman–Crippen LogP) is 2.57. The van der Waals surface area contributed by atoms with Gasteiger partial charge in [-0.1, -0.05) is 17.9 Å². The van der Waals surface area contributed by atoms with Gasteiger partial charge in [-0.2, -0.15) is 0 Å². The lowest BCUT2D eigenvalue weighted by atomic mass is 10.1. The second kappa shape index (κ2) is 6.60. The lowest BCUT2D eigenvalue weighted by Gasteiger charge is -2.07. The Balaban J connectivity index is 2.24. The van der Waals surface area contributed by atoms with Gasteiger partial charge < -0.3 is 14.8 Å². The van der Waals surface area contributed by atoms with Gasteiger partial charge in [0, 0.05) is 12.0 Å². The SMILES string of the molecule is Cc1ccc(C#CCCO)c(NC(=O)c2ccoc2)c1. The number of furan rings is 1. The van der Waals surface area contributed by atoms with E-state index in [1.807, 2.05) is 25.1 Å². The zero-order valence-electron chi connectivity index (χ0n) is 11.1. The van der Waals surface area contributed by atoms with Gasteiger partial charge in [0.1, 0.15) is 6.26 Å². The minimum absolute atomic E-state index is 0.0234. The molecule has 1 amide bonds. The average molecular weight is 269 g/mol. The number of aliphatic hydroxyl groups excluding tert-OH is 1. The Morgan fingerprint density at radius 3 is 2.95 bits per heavy atom. The summed E-state index contributed by atoms with van der Waals surface area (Å²) in [4.78, 5) is 12.0. The van der Waals surface area contributed by atoms with Crippen molar-refractivity contribution in [1.29, 1.82) is 0 Å². The zero-order chi connectivity index (χ0) is 14.4. The molecule has 1 aromatic heterocycles. The Morgan fingerprint density at radius 1 is 1.40 bits per heavy atom. The number of nitrogens with one attached hydrogen (secondary N) is 1. The maximum absolute atomic E-state index is 12.0. The summed E-state index contributed by atoms with van der Waals surface area (Å²) in [6.45, 7) is 1.97. The van der Waals surface area contributed by atoms with Gasteiger partial charge in [0.25, 0.3) is 5.91 Å². The molecule has 4 nitrogen and oxygen atoms in total. The fourth-order valence-electron chi connectivity index (χ4n) is 1.67. The average Bonchev–Trinajstić information content (AvgIpc) is 2.95. The number of hydrogen-bond acceptors (Lipinski definition) is 3. The summed E-state index contributed by atoms with van der Waals surface area (Å²) in [7, 11) is 0. The van der Waals surface area contributed by atoms with E-state index in [0.717, 1.165) is 11.1 Å². The lowest BCUT2D eigenvalue weighted by Crippen LogP contribution is -2.12. The number of rotatable bonds is 3. The van der Waals surface area contributed by atoms with Crippen molar-refractivity contribution in [3.05, 3.63) is 53.5 Å². The van der Waals surface area contributed by atoms with E-state index < -0.39 is 0 Å². The van der Waals surface area contributed by atoms with Crippen LogP contribution in [0.1, 0.15) is 27.9 Å². The number of aryl methyl sites for hydroxylation is 1. The largest absolute Gasteiger partial charge is 0.472 e. The highest BCUT2D eigenvalue weighted by molar-refractivity contribution is 6.04. The molecule has 0 unspecified atom stereocenters. The Morgan fingerprint density at radius 2 is 2.25 bits per heavy atom. The topological polar surface area (TPSA) is 62.5 Å². The van der Waals surface area contributed by atoms with Crippen LogP contribution in [0.3, 0.4) is 0 Å². The van der Waals surface area contributed by atoms with Crippen molar-refractivity contribution in [2.75, 3.05) is 11.9 Å². The van der Waals surface area contributed by atoms with Crippen molar-refractivity contribution in [3.63, 3.8) is 0 Å². The molecule has 1 aromatic carbocycles. The molecule has 0 aliphatic heterocycles. The molecule has 0 spiro atoms. The second-order valence-corrected chi connectivity index (χ2v) is 4.29. The van der Waals surface area contributed by atoms with Crippen molar-refractivity contribution in [2.45, 2.75) is 13.3 Å². The molecule has 0 atom stereocenters. The smallest absolute Gasteiger partial charge is 0.258 e. The standard InChI is InChI=1S/C16H15NO3/c1-12-5-6-13(4-2-3-8-18)15(10-12)17-16(19)14-7-9-20-11-14/h5-7,9-11,18H,3,8H2,1H3,(H,17,19). The normalized spacial score (nSPS) is 9.70. The summed E-state index contributed by atoms with van der Waals surface area (Å²) in [5.41, 5.74) is 2.86. The van der Waals surface area contributed by atoms with Crippen LogP contribution in [0.5, 0.6) is 0 Å². The summed E-state index contributed by atoms with van der Waals surface area (Å²) in [6, 6.07) is 7.24. The van der Waals surface area contributed by atoms with Gasteiger partial charge in [0.15, 0.2) is 0 Å². The fourth-order valence-corrected chi connectivity index (χ4v) is 1.67. The molecule has 0 saturated carbocycles. The fraction of sp³-hybridized carbons (Fsp3) is 0.188. The first-order valence-corrected chi connectivity index (χ1v) is 6.24. The molecule has 4 heteroatoms. The highest BCUT2D eigenvalue weighted by Crippen LogP contribution is 2.18. The van der Waals surface area contributed by atoms with E-state index in [1.165, 1.54) is 12.5 Å². The van der Waals surface area contributed by atoms with E-state index in [1.54, 1.807) is 6.07 Å². The molecule has 0 saturated heterocycles. The molecule has 2 aromatic rings. The highest BCUT2D eigenvalue weighted by atomic mass is 16.3. The summed E-state index contributed by atoms with van der Waals surface area (Å²) in [5, 5.41) is 11.6. The van der Waals surface area contributed by atoms with Crippen LogP contribution in [0.25, 0.3) is 0 Å². The number of aliphatic hydroxyl groups is 1. The van der Waals surface area contributed by atoms with Crippen molar-refractivity contribution in [1.82, 2.24) is 0 Å². The van der Waals surface area contributed by atoms with Gasteiger partial charge in [-0.05, 0) is 30.7 Å². The molecule has 102 valence electrons. The third kappa shape index (κ3) is 3.50. The number of amides is 1. The van der Waals surface area contributed by atoms with Gasteiger partial charge in [0.05, 0.1) is 24.1 Å². The minimum Gasteiger partial charge on any atom is -0.472 e. The summed E-state index contributed by atoms with van der Waals surface area (Å²) in [5.74, 6) is 5.55. The molecule has 0 fully saturated rings. The first-order chi connectivity index (χ1) is 9.70. The minimum atomic E-state index is -0.241. The molecular weight excluding hydrogens is 254 g/mol. The molecule has 0 bridgehead atoms. The van der Waals surface area contributed by atoms with Gasteiger partial charge in [0.2, 0.25) is 0 Å². The highest BCUT2D eigenvalue weighted by Gasteiger charge is 2.09. The molecular formula is C16H15NO3. The molecule has 0 radical (unpaired) electrons. The van der Waals surface area contributed by atoms with E-state index in [0.29, 0.717) is 17.7 Å². The van der Waals surface area contributed by atoms with Crippen molar-refractivity contribution in [2.24, 2.45) is 0 Å². The van der Waals surface area contributed by atoms with Gasteiger partial charge in [-0.25, -0.2) is 0 Å². The summed E-state index contributed by atoms with van der Waals surface area (Å²) < 4.78 is 4.89. The monoisotopic (exact) mass is 269 g/mol. The van der Waals surface area contributed by atoms with E-state index in [2.05, 4.69) is 17.2 Å².